The highest BCUT2D eigenvalue weighted by molar-refractivity contribution is 7.27. The van der Waals surface area contributed by atoms with Crippen LogP contribution < -0.4 is 0 Å². The summed E-state index contributed by atoms with van der Waals surface area (Å²) in [5.41, 5.74) is -0.421. The van der Waals surface area contributed by atoms with Crippen molar-refractivity contribution in [3.63, 3.8) is 0 Å². The second-order valence-corrected chi connectivity index (χ2v) is 7.66. The molecule has 1 amide bonds. The molecule has 0 spiro atoms. The summed E-state index contributed by atoms with van der Waals surface area (Å²) < 4.78 is 8.06. The highest BCUT2D eigenvalue weighted by Gasteiger charge is 2.36. The van der Waals surface area contributed by atoms with Gasteiger partial charge in [0.05, 0.1) is 23.2 Å². The van der Waals surface area contributed by atoms with Crippen molar-refractivity contribution in [2.45, 2.75) is 25.6 Å². The lowest BCUT2D eigenvalue weighted by Crippen LogP contribution is -2.55. The van der Waals surface area contributed by atoms with Gasteiger partial charge in [-0.2, -0.15) is 0 Å². The van der Waals surface area contributed by atoms with E-state index in [1.165, 1.54) is 11.3 Å². The van der Waals surface area contributed by atoms with Gasteiger partial charge in [-0.1, -0.05) is 0 Å². The maximum absolute atomic E-state index is 12.6. The molecule has 3 rings (SSSR count). The van der Waals surface area contributed by atoms with Crippen LogP contribution in [0.5, 0.6) is 0 Å². The lowest BCUT2D eigenvalue weighted by molar-refractivity contribution is -0.139. The van der Waals surface area contributed by atoms with Gasteiger partial charge < -0.3 is 14.7 Å². The number of rotatable bonds is 2. The van der Waals surface area contributed by atoms with Crippen molar-refractivity contribution in [3.05, 3.63) is 22.4 Å². The number of hydrogen-bond acceptors (Lipinski definition) is 5. The Labute approximate surface area is 125 Å². The van der Waals surface area contributed by atoms with Crippen LogP contribution in [0.4, 0.5) is 0 Å². The average Bonchev–Trinajstić information content (AvgIpc) is 2.96. The van der Waals surface area contributed by atoms with Crippen LogP contribution in [0.2, 0.25) is 0 Å². The predicted molar refractivity (Wildman–Crippen MR) is 81.6 cm³/mol. The molecule has 0 radical (unpaired) electrons. The number of carbonyl (C=O) groups excluding carboxylic acids is 1. The average molecular weight is 311 g/mol. The summed E-state index contributed by atoms with van der Waals surface area (Å²) in [6, 6.07) is 4.00. The van der Waals surface area contributed by atoms with Gasteiger partial charge in [0.25, 0.3) is 5.91 Å². The molecule has 0 saturated carbocycles. The number of aliphatic hydroxyl groups is 1. The first-order chi connectivity index (χ1) is 9.48. The molecule has 2 aromatic heterocycles. The zero-order chi connectivity index (χ0) is 14.3. The number of amides is 1. The van der Waals surface area contributed by atoms with Crippen LogP contribution in [0.15, 0.2) is 17.5 Å². The molecule has 2 aromatic rings. The molecule has 0 bridgehead atoms. The lowest BCUT2D eigenvalue weighted by Gasteiger charge is -2.42. The minimum absolute atomic E-state index is 0.0354. The van der Waals surface area contributed by atoms with Gasteiger partial charge in [-0.15, -0.1) is 22.7 Å². The Balaban J connectivity index is 1.83. The Morgan fingerprint density at radius 1 is 1.55 bits per heavy atom. The van der Waals surface area contributed by atoms with Gasteiger partial charge in [0, 0.05) is 22.5 Å². The van der Waals surface area contributed by atoms with E-state index in [2.05, 4.69) is 0 Å². The van der Waals surface area contributed by atoms with Crippen LogP contribution in [0.1, 0.15) is 23.5 Å². The molecule has 20 heavy (non-hydrogen) atoms. The molecule has 6 heteroatoms. The van der Waals surface area contributed by atoms with Gasteiger partial charge in [0.2, 0.25) is 0 Å². The first kappa shape index (κ1) is 14.0. The fourth-order valence-corrected chi connectivity index (χ4v) is 4.65. The summed E-state index contributed by atoms with van der Waals surface area (Å²) in [5, 5.41) is 11.4. The van der Waals surface area contributed by atoms with Crippen LogP contribution in [-0.4, -0.2) is 47.3 Å². The Kier molecular flexibility index (Phi) is 3.58. The van der Waals surface area contributed by atoms with Crippen molar-refractivity contribution >= 4 is 38.0 Å². The third-order valence-corrected chi connectivity index (χ3v) is 5.40. The van der Waals surface area contributed by atoms with Crippen LogP contribution in [-0.2, 0) is 4.74 Å². The Bertz CT molecular complexity index is 603. The molecule has 1 aliphatic heterocycles. The number of nitrogens with zero attached hydrogens (tertiary/aromatic N) is 1. The van der Waals surface area contributed by atoms with E-state index in [1.54, 1.807) is 16.2 Å². The first-order valence-electron chi connectivity index (χ1n) is 6.53. The molecule has 1 aliphatic rings. The van der Waals surface area contributed by atoms with Crippen LogP contribution in [0.3, 0.4) is 0 Å². The molecule has 0 aliphatic carbocycles. The Morgan fingerprint density at radius 2 is 2.35 bits per heavy atom. The maximum Gasteiger partial charge on any atom is 0.264 e. The van der Waals surface area contributed by atoms with E-state index < -0.39 is 5.60 Å². The van der Waals surface area contributed by atoms with Crippen molar-refractivity contribution in [3.8, 4) is 0 Å². The quantitative estimate of drug-likeness (QED) is 0.927. The summed E-state index contributed by atoms with van der Waals surface area (Å²) >= 11 is 3.18. The van der Waals surface area contributed by atoms with Gasteiger partial charge in [-0.3, -0.25) is 4.79 Å². The van der Waals surface area contributed by atoms with Gasteiger partial charge >= 0.3 is 0 Å². The van der Waals surface area contributed by atoms with E-state index in [-0.39, 0.29) is 18.6 Å². The van der Waals surface area contributed by atoms with Gasteiger partial charge in [-0.05, 0) is 31.4 Å². The Morgan fingerprint density at radius 3 is 3.05 bits per heavy atom. The molecule has 1 unspecified atom stereocenters. The number of aliphatic hydroxyl groups excluding tert-OH is 1. The summed E-state index contributed by atoms with van der Waals surface area (Å²) in [7, 11) is 0. The molecule has 3 heterocycles. The van der Waals surface area contributed by atoms with Crippen molar-refractivity contribution in [2.24, 2.45) is 0 Å². The smallest absolute Gasteiger partial charge is 0.264 e. The number of morpholine rings is 1. The monoisotopic (exact) mass is 311 g/mol. The zero-order valence-corrected chi connectivity index (χ0v) is 13.1. The minimum atomic E-state index is -0.421. The van der Waals surface area contributed by atoms with Crippen LogP contribution in [0.25, 0.3) is 9.40 Å². The molecular weight excluding hydrogens is 294 g/mol. The maximum atomic E-state index is 12.6. The summed E-state index contributed by atoms with van der Waals surface area (Å²) in [4.78, 5) is 15.2. The molecule has 0 aromatic carbocycles. The summed E-state index contributed by atoms with van der Waals surface area (Å²) in [5.74, 6) is 0.0354. The lowest BCUT2D eigenvalue weighted by atomic mass is 10.1. The number of hydrogen-bond donors (Lipinski definition) is 1. The summed E-state index contributed by atoms with van der Waals surface area (Å²) in [6.07, 6.45) is -0.302. The SMILES string of the molecule is CC1(C)CN(C(=O)c2cc3sccc3s2)CC(CO)O1. The molecule has 1 saturated heterocycles. The topological polar surface area (TPSA) is 49.8 Å². The highest BCUT2D eigenvalue weighted by Crippen LogP contribution is 2.32. The number of carbonyl (C=O) groups is 1. The molecule has 1 fully saturated rings. The Hall–Kier alpha value is -0.950. The van der Waals surface area contributed by atoms with E-state index in [0.29, 0.717) is 13.1 Å². The van der Waals surface area contributed by atoms with Crippen molar-refractivity contribution < 1.29 is 14.6 Å². The van der Waals surface area contributed by atoms with Gasteiger partial charge in [0.1, 0.15) is 0 Å². The molecule has 108 valence electrons. The number of ether oxygens (including phenoxy) is 1. The van der Waals surface area contributed by atoms with E-state index in [9.17, 15) is 9.90 Å². The highest BCUT2D eigenvalue weighted by atomic mass is 32.1. The fraction of sp³-hybridized carbons (Fsp3) is 0.500. The second kappa shape index (κ2) is 5.11. The normalized spacial score (nSPS) is 22.4. The van der Waals surface area contributed by atoms with E-state index >= 15 is 0 Å². The number of thiophene rings is 2. The fourth-order valence-electron chi connectivity index (χ4n) is 2.57. The predicted octanol–water partition coefficient (Wildman–Crippen LogP) is 2.57. The number of fused-ring (bicyclic) bond motifs is 1. The van der Waals surface area contributed by atoms with Crippen molar-refractivity contribution in [1.82, 2.24) is 4.90 Å². The third kappa shape index (κ3) is 2.61. The van der Waals surface area contributed by atoms with E-state index in [0.717, 1.165) is 14.3 Å². The van der Waals surface area contributed by atoms with E-state index in [4.69, 9.17) is 4.74 Å². The largest absolute Gasteiger partial charge is 0.394 e. The summed E-state index contributed by atoms with van der Waals surface area (Å²) in [6.45, 7) is 4.83. The second-order valence-electron chi connectivity index (χ2n) is 5.63. The molecular formula is C14H17NO3S2. The zero-order valence-electron chi connectivity index (χ0n) is 11.5. The van der Waals surface area contributed by atoms with Crippen LogP contribution >= 0.6 is 22.7 Å². The molecule has 4 nitrogen and oxygen atoms in total. The van der Waals surface area contributed by atoms with Gasteiger partial charge in [-0.25, -0.2) is 0 Å². The van der Waals surface area contributed by atoms with Crippen molar-refractivity contribution in [2.75, 3.05) is 19.7 Å². The van der Waals surface area contributed by atoms with E-state index in [1.807, 2.05) is 31.4 Å². The standard InChI is InChI=1S/C14H17NO3S2/c1-14(2)8-15(6-9(7-16)18-14)13(17)12-5-11-10(20-12)3-4-19-11/h3-5,9,16H,6-8H2,1-2H3. The first-order valence-corrected chi connectivity index (χ1v) is 8.23. The third-order valence-electron chi connectivity index (χ3n) is 3.32. The van der Waals surface area contributed by atoms with Gasteiger partial charge in [0.15, 0.2) is 0 Å². The molecule has 1 atom stereocenters. The van der Waals surface area contributed by atoms with Crippen molar-refractivity contribution in [1.29, 1.82) is 0 Å². The van der Waals surface area contributed by atoms with Crippen LogP contribution in [0, 0.1) is 0 Å². The molecule has 1 N–H and O–H groups in total. The minimum Gasteiger partial charge on any atom is -0.394 e.